The van der Waals surface area contributed by atoms with Crippen LogP contribution in [-0.4, -0.2) is 46.5 Å². The van der Waals surface area contributed by atoms with Crippen LogP contribution in [0, 0.1) is 5.92 Å². The van der Waals surface area contributed by atoms with Crippen LogP contribution in [0.1, 0.15) is 26.7 Å². The first-order chi connectivity index (χ1) is 8.06. The van der Waals surface area contributed by atoms with Crippen LogP contribution in [0.5, 0.6) is 0 Å². The van der Waals surface area contributed by atoms with E-state index in [4.69, 9.17) is 4.74 Å². The van der Waals surface area contributed by atoms with Gasteiger partial charge in [0.1, 0.15) is 0 Å². The van der Waals surface area contributed by atoms with Crippen LogP contribution in [0.3, 0.4) is 0 Å². The lowest BCUT2D eigenvalue weighted by Crippen LogP contribution is -2.40. The fourth-order valence-electron chi connectivity index (χ4n) is 1.39. The van der Waals surface area contributed by atoms with Gasteiger partial charge in [0.2, 0.25) is 10.0 Å². The van der Waals surface area contributed by atoms with E-state index >= 15 is 0 Å². The van der Waals surface area contributed by atoms with E-state index in [9.17, 15) is 8.42 Å². The highest BCUT2D eigenvalue weighted by atomic mass is 32.2. The zero-order valence-electron chi connectivity index (χ0n) is 10.7. The van der Waals surface area contributed by atoms with Gasteiger partial charge in [0, 0.05) is 19.7 Å². The summed E-state index contributed by atoms with van der Waals surface area (Å²) in [5.74, 6) is 0.722. The van der Waals surface area contributed by atoms with Crippen LogP contribution in [0.2, 0.25) is 0 Å². The van der Waals surface area contributed by atoms with Crippen molar-refractivity contribution in [2.24, 2.45) is 5.92 Å². The average Bonchev–Trinajstić information content (AvgIpc) is 3.09. The molecule has 0 aliphatic heterocycles. The molecule has 0 radical (unpaired) electrons. The molecule has 1 saturated carbocycles. The Kier molecular flexibility index (Phi) is 6.40. The SMILES string of the molecule is CCNCC(C)S(=O)(=O)NCCOCC1CC1. The highest BCUT2D eigenvalue weighted by Gasteiger charge is 2.22. The molecule has 5 nitrogen and oxygen atoms in total. The molecule has 1 rings (SSSR count). The Morgan fingerprint density at radius 1 is 1.41 bits per heavy atom. The second-order valence-corrected chi connectivity index (χ2v) is 6.76. The van der Waals surface area contributed by atoms with Crippen molar-refractivity contribution in [2.45, 2.75) is 31.9 Å². The average molecular weight is 264 g/mol. The van der Waals surface area contributed by atoms with E-state index in [0.717, 1.165) is 19.1 Å². The van der Waals surface area contributed by atoms with Crippen molar-refractivity contribution in [1.82, 2.24) is 10.0 Å². The van der Waals surface area contributed by atoms with Gasteiger partial charge in [0.25, 0.3) is 0 Å². The van der Waals surface area contributed by atoms with Crippen molar-refractivity contribution in [3.8, 4) is 0 Å². The predicted octanol–water partition coefficient (Wildman–Crippen LogP) is 0.330. The van der Waals surface area contributed by atoms with Gasteiger partial charge < -0.3 is 10.1 Å². The number of hydrogen-bond donors (Lipinski definition) is 2. The largest absolute Gasteiger partial charge is 0.380 e. The van der Waals surface area contributed by atoms with Crippen LogP contribution in [0.4, 0.5) is 0 Å². The Morgan fingerprint density at radius 3 is 2.71 bits per heavy atom. The summed E-state index contributed by atoms with van der Waals surface area (Å²) in [6.07, 6.45) is 2.51. The van der Waals surface area contributed by atoms with E-state index in [-0.39, 0.29) is 0 Å². The Morgan fingerprint density at radius 2 is 2.12 bits per heavy atom. The third kappa shape index (κ3) is 6.35. The van der Waals surface area contributed by atoms with Crippen molar-refractivity contribution in [3.63, 3.8) is 0 Å². The molecule has 0 amide bonds. The summed E-state index contributed by atoms with van der Waals surface area (Å²) in [6.45, 7) is 6.53. The number of rotatable bonds is 10. The monoisotopic (exact) mass is 264 g/mol. The molecule has 1 atom stereocenters. The van der Waals surface area contributed by atoms with Crippen molar-refractivity contribution in [3.05, 3.63) is 0 Å². The third-order valence-corrected chi connectivity index (χ3v) is 4.64. The van der Waals surface area contributed by atoms with E-state index < -0.39 is 15.3 Å². The third-order valence-electron chi connectivity index (χ3n) is 2.81. The highest BCUT2D eigenvalue weighted by molar-refractivity contribution is 7.90. The summed E-state index contributed by atoms with van der Waals surface area (Å²) < 4.78 is 31.4. The Balaban J connectivity index is 2.09. The quantitative estimate of drug-likeness (QED) is 0.558. The number of sulfonamides is 1. The lowest BCUT2D eigenvalue weighted by molar-refractivity contribution is 0.129. The molecule has 1 aliphatic carbocycles. The van der Waals surface area contributed by atoms with Crippen LogP contribution < -0.4 is 10.0 Å². The smallest absolute Gasteiger partial charge is 0.215 e. The zero-order valence-corrected chi connectivity index (χ0v) is 11.6. The van der Waals surface area contributed by atoms with Crippen molar-refractivity contribution in [2.75, 3.05) is 32.8 Å². The molecular formula is C11H24N2O3S. The maximum atomic E-state index is 11.7. The van der Waals surface area contributed by atoms with Gasteiger partial charge in [-0.05, 0) is 32.2 Å². The van der Waals surface area contributed by atoms with Gasteiger partial charge in [-0.25, -0.2) is 13.1 Å². The molecule has 2 N–H and O–H groups in total. The van der Waals surface area contributed by atoms with Gasteiger partial charge in [-0.1, -0.05) is 6.92 Å². The van der Waals surface area contributed by atoms with Crippen molar-refractivity contribution < 1.29 is 13.2 Å². The van der Waals surface area contributed by atoms with E-state index in [2.05, 4.69) is 10.0 Å². The molecule has 0 aromatic rings. The van der Waals surface area contributed by atoms with E-state index in [1.54, 1.807) is 6.92 Å². The van der Waals surface area contributed by atoms with Gasteiger partial charge in [-0.15, -0.1) is 0 Å². The first-order valence-electron chi connectivity index (χ1n) is 6.33. The van der Waals surface area contributed by atoms with Crippen LogP contribution in [-0.2, 0) is 14.8 Å². The molecule has 1 fully saturated rings. The molecule has 1 unspecified atom stereocenters. The summed E-state index contributed by atoms with van der Waals surface area (Å²) in [5, 5.41) is 2.62. The predicted molar refractivity (Wildman–Crippen MR) is 68.5 cm³/mol. The molecule has 0 saturated heterocycles. The Labute approximate surface area is 104 Å². The maximum Gasteiger partial charge on any atom is 0.215 e. The number of ether oxygens (including phenoxy) is 1. The summed E-state index contributed by atoms with van der Waals surface area (Å²) in [6, 6.07) is 0. The minimum Gasteiger partial charge on any atom is -0.380 e. The summed E-state index contributed by atoms with van der Waals surface area (Å²) in [7, 11) is -3.21. The minimum atomic E-state index is -3.21. The normalized spacial score (nSPS) is 18.2. The van der Waals surface area contributed by atoms with Crippen LogP contribution in [0.15, 0.2) is 0 Å². The molecule has 0 bridgehead atoms. The first-order valence-corrected chi connectivity index (χ1v) is 7.87. The maximum absolute atomic E-state index is 11.7. The Bertz CT molecular complexity index is 302. The second kappa shape index (κ2) is 7.31. The van der Waals surface area contributed by atoms with Crippen LogP contribution in [0.25, 0.3) is 0 Å². The molecule has 17 heavy (non-hydrogen) atoms. The van der Waals surface area contributed by atoms with E-state index in [1.165, 1.54) is 12.8 Å². The summed E-state index contributed by atoms with van der Waals surface area (Å²) in [5.41, 5.74) is 0. The second-order valence-electron chi connectivity index (χ2n) is 4.58. The number of nitrogens with one attached hydrogen (secondary N) is 2. The molecular weight excluding hydrogens is 240 g/mol. The van der Waals surface area contributed by atoms with E-state index in [1.807, 2.05) is 6.92 Å². The molecule has 0 heterocycles. The standard InChI is InChI=1S/C11H24N2O3S/c1-3-12-8-10(2)17(14,15)13-6-7-16-9-11-4-5-11/h10-13H,3-9H2,1-2H3. The summed E-state index contributed by atoms with van der Waals surface area (Å²) >= 11 is 0. The minimum absolute atomic E-state index is 0.367. The molecule has 0 aromatic heterocycles. The fraction of sp³-hybridized carbons (Fsp3) is 1.00. The van der Waals surface area contributed by atoms with Gasteiger partial charge in [0.15, 0.2) is 0 Å². The summed E-state index contributed by atoms with van der Waals surface area (Å²) in [4.78, 5) is 0. The fourth-order valence-corrected chi connectivity index (χ4v) is 2.38. The highest BCUT2D eigenvalue weighted by Crippen LogP contribution is 2.28. The van der Waals surface area contributed by atoms with E-state index in [0.29, 0.717) is 19.7 Å². The van der Waals surface area contributed by atoms with Crippen molar-refractivity contribution >= 4 is 10.0 Å². The van der Waals surface area contributed by atoms with Gasteiger partial charge in [0.05, 0.1) is 11.9 Å². The Hall–Kier alpha value is -0.170. The van der Waals surface area contributed by atoms with Gasteiger partial charge in [-0.2, -0.15) is 0 Å². The molecule has 0 aromatic carbocycles. The molecule has 102 valence electrons. The van der Waals surface area contributed by atoms with Crippen LogP contribution >= 0.6 is 0 Å². The van der Waals surface area contributed by atoms with Gasteiger partial charge in [-0.3, -0.25) is 0 Å². The lowest BCUT2D eigenvalue weighted by Gasteiger charge is -2.14. The topological polar surface area (TPSA) is 67.4 Å². The number of hydrogen-bond acceptors (Lipinski definition) is 4. The molecule has 1 aliphatic rings. The molecule has 6 heteroatoms. The molecule has 0 spiro atoms. The van der Waals surface area contributed by atoms with Crippen molar-refractivity contribution in [1.29, 1.82) is 0 Å². The van der Waals surface area contributed by atoms with Gasteiger partial charge >= 0.3 is 0 Å². The first kappa shape index (κ1) is 14.9. The lowest BCUT2D eigenvalue weighted by atomic mass is 10.5. The zero-order chi connectivity index (χ0) is 12.7.